The Morgan fingerprint density at radius 1 is 1.50 bits per heavy atom. The van der Waals surface area contributed by atoms with Crippen LogP contribution in [0.1, 0.15) is 5.56 Å². The zero-order valence-corrected chi connectivity index (χ0v) is 9.15. The van der Waals surface area contributed by atoms with Gasteiger partial charge in [-0.2, -0.15) is 12.6 Å². The molecule has 1 heterocycles. The first kappa shape index (κ1) is 10.7. The smallest absolute Gasteiger partial charge is 0.270 e. The van der Waals surface area contributed by atoms with Gasteiger partial charge in [-0.25, -0.2) is 4.98 Å². The molecule has 0 fully saturated rings. The van der Waals surface area contributed by atoms with E-state index in [0.29, 0.717) is 17.1 Å². The Bertz CT molecular complexity index is 511. The maximum absolute atomic E-state index is 10.7. The number of aromatic amines is 1. The summed E-state index contributed by atoms with van der Waals surface area (Å²) in [7, 11) is 0. The molecule has 0 saturated carbocycles. The molecule has 0 saturated heterocycles. The van der Waals surface area contributed by atoms with Crippen LogP contribution in [0.2, 0.25) is 0 Å². The Hall–Kier alpha value is -1.82. The summed E-state index contributed by atoms with van der Waals surface area (Å²) in [6.07, 6.45) is 3.28. The number of aromatic nitrogens is 2. The van der Waals surface area contributed by atoms with E-state index < -0.39 is 4.92 Å². The average molecular weight is 235 g/mol. The van der Waals surface area contributed by atoms with Gasteiger partial charge in [-0.05, 0) is 5.56 Å². The summed E-state index contributed by atoms with van der Waals surface area (Å²) in [6, 6.07) is 4.67. The number of nitro groups is 1. The predicted octanol–water partition coefficient (Wildman–Crippen LogP) is 2.41. The maximum atomic E-state index is 10.7. The first-order valence-electron chi connectivity index (χ1n) is 4.60. The van der Waals surface area contributed by atoms with E-state index in [9.17, 15) is 10.1 Å². The lowest BCUT2D eigenvalue weighted by Crippen LogP contribution is -1.93. The van der Waals surface area contributed by atoms with Crippen LogP contribution in [-0.2, 0) is 5.75 Å². The van der Waals surface area contributed by atoms with Gasteiger partial charge >= 0.3 is 0 Å². The van der Waals surface area contributed by atoms with Crippen LogP contribution in [-0.4, -0.2) is 14.9 Å². The third-order valence-electron chi connectivity index (χ3n) is 2.23. The van der Waals surface area contributed by atoms with Gasteiger partial charge in [0.15, 0.2) is 0 Å². The molecule has 1 N–H and O–H groups in total. The fourth-order valence-corrected chi connectivity index (χ4v) is 1.72. The Morgan fingerprint density at radius 3 is 2.88 bits per heavy atom. The highest BCUT2D eigenvalue weighted by Gasteiger charge is 2.12. The highest BCUT2D eigenvalue weighted by atomic mass is 32.1. The van der Waals surface area contributed by atoms with E-state index in [2.05, 4.69) is 22.6 Å². The van der Waals surface area contributed by atoms with E-state index in [4.69, 9.17) is 0 Å². The van der Waals surface area contributed by atoms with Crippen LogP contribution in [0.15, 0.2) is 30.6 Å². The first-order valence-corrected chi connectivity index (χ1v) is 5.23. The van der Waals surface area contributed by atoms with Crippen molar-refractivity contribution in [3.63, 3.8) is 0 Å². The molecule has 0 spiro atoms. The third-order valence-corrected chi connectivity index (χ3v) is 2.57. The molecule has 2 aromatic rings. The van der Waals surface area contributed by atoms with Crippen molar-refractivity contribution in [2.24, 2.45) is 0 Å². The fraction of sp³-hybridized carbons (Fsp3) is 0.100. The lowest BCUT2D eigenvalue weighted by atomic mass is 10.1. The van der Waals surface area contributed by atoms with Crippen LogP contribution in [0.5, 0.6) is 0 Å². The molecule has 0 atom stereocenters. The topological polar surface area (TPSA) is 71.8 Å². The number of hydrogen-bond acceptors (Lipinski definition) is 4. The van der Waals surface area contributed by atoms with Gasteiger partial charge in [0.2, 0.25) is 0 Å². The highest BCUT2D eigenvalue weighted by Crippen LogP contribution is 2.26. The number of rotatable bonds is 3. The Kier molecular flexibility index (Phi) is 2.91. The number of hydrogen-bond donors (Lipinski definition) is 2. The standard InChI is InChI=1S/C10H9N3O2S/c14-13(15)8-2-1-7(6-16)9(5-8)10-11-3-4-12-10/h1-5,16H,6H2,(H,11,12). The molecule has 1 aromatic heterocycles. The zero-order valence-electron chi connectivity index (χ0n) is 8.25. The van der Waals surface area contributed by atoms with Crippen molar-refractivity contribution in [2.75, 3.05) is 0 Å². The number of non-ortho nitro benzene ring substituents is 1. The van der Waals surface area contributed by atoms with Gasteiger partial charge in [-0.3, -0.25) is 10.1 Å². The predicted molar refractivity (Wildman–Crippen MR) is 63.4 cm³/mol. The second-order valence-electron chi connectivity index (χ2n) is 3.19. The normalized spacial score (nSPS) is 10.3. The first-order chi connectivity index (χ1) is 7.72. The molecule has 0 bridgehead atoms. The Labute approximate surface area is 97.1 Å². The molecule has 0 aliphatic heterocycles. The second kappa shape index (κ2) is 4.36. The minimum atomic E-state index is -0.422. The molecule has 0 aliphatic rings. The van der Waals surface area contributed by atoms with Gasteiger partial charge < -0.3 is 4.98 Å². The number of benzene rings is 1. The van der Waals surface area contributed by atoms with Crippen molar-refractivity contribution in [1.29, 1.82) is 0 Å². The molecule has 82 valence electrons. The summed E-state index contributed by atoms with van der Waals surface area (Å²) >= 11 is 4.19. The molecular formula is C10H9N3O2S. The fourth-order valence-electron chi connectivity index (χ4n) is 1.45. The number of nitrogens with zero attached hydrogens (tertiary/aromatic N) is 2. The molecule has 0 amide bonds. The van der Waals surface area contributed by atoms with Gasteiger partial charge in [-0.15, -0.1) is 0 Å². The van der Waals surface area contributed by atoms with Crippen LogP contribution in [0.3, 0.4) is 0 Å². The molecule has 1 aromatic carbocycles. The van der Waals surface area contributed by atoms with Crippen molar-refractivity contribution in [3.8, 4) is 11.4 Å². The summed E-state index contributed by atoms with van der Waals surface area (Å²) in [6.45, 7) is 0. The van der Waals surface area contributed by atoms with Crippen molar-refractivity contribution in [1.82, 2.24) is 9.97 Å². The van der Waals surface area contributed by atoms with Gasteiger partial charge in [-0.1, -0.05) is 6.07 Å². The largest absolute Gasteiger partial charge is 0.345 e. The SMILES string of the molecule is O=[N+]([O-])c1ccc(CS)c(-c2ncc[nH]2)c1. The number of nitro benzene ring substituents is 1. The number of thiol groups is 1. The van der Waals surface area contributed by atoms with Crippen molar-refractivity contribution < 1.29 is 4.92 Å². The van der Waals surface area contributed by atoms with E-state index in [1.165, 1.54) is 12.1 Å². The molecule has 0 aliphatic carbocycles. The average Bonchev–Trinajstić information content (AvgIpc) is 2.81. The zero-order chi connectivity index (χ0) is 11.5. The molecule has 0 radical (unpaired) electrons. The molecule has 5 nitrogen and oxygen atoms in total. The van der Waals surface area contributed by atoms with E-state index in [-0.39, 0.29) is 5.69 Å². The molecular weight excluding hydrogens is 226 g/mol. The summed E-state index contributed by atoms with van der Waals surface area (Å²) < 4.78 is 0. The molecule has 2 rings (SSSR count). The number of H-pyrrole nitrogens is 1. The van der Waals surface area contributed by atoms with E-state index in [0.717, 1.165) is 5.56 Å². The van der Waals surface area contributed by atoms with Gasteiger partial charge in [0.1, 0.15) is 5.82 Å². The van der Waals surface area contributed by atoms with Crippen LogP contribution < -0.4 is 0 Å². The molecule has 6 heteroatoms. The van der Waals surface area contributed by atoms with Crippen LogP contribution in [0.25, 0.3) is 11.4 Å². The van der Waals surface area contributed by atoms with E-state index >= 15 is 0 Å². The highest BCUT2D eigenvalue weighted by molar-refractivity contribution is 7.79. The minimum absolute atomic E-state index is 0.0527. The lowest BCUT2D eigenvalue weighted by molar-refractivity contribution is -0.384. The maximum Gasteiger partial charge on any atom is 0.270 e. The quantitative estimate of drug-likeness (QED) is 0.487. The van der Waals surface area contributed by atoms with Gasteiger partial charge in [0.25, 0.3) is 5.69 Å². The van der Waals surface area contributed by atoms with Crippen molar-refractivity contribution >= 4 is 18.3 Å². The van der Waals surface area contributed by atoms with Crippen LogP contribution in [0, 0.1) is 10.1 Å². The second-order valence-corrected chi connectivity index (χ2v) is 3.51. The molecule has 16 heavy (non-hydrogen) atoms. The van der Waals surface area contributed by atoms with E-state index in [1.807, 2.05) is 0 Å². The Morgan fingerprint density at radius 2 is 2.31 bits per heavy atom. The van der Waals surface area contributed by atoms with Gasteiger partial charge in [0, 0.05) is 35.8 Å². The summed E-state index contributed by atoms with van der Waals surface area (Å²) in [5.41, 5.74) is 1.68. The third kappa shape index (κ3) is 1.92. The monoisotopic (exact) mass is 235 g/mol. The summed E-state index contributed by atoms with van der Waals surface area (Å²) in [5, 5.41) is 10.7. The number of imidazole rings is 1. The Balaban J connectivity index is 2.56. The summed E-state index contributed by atoms with van der Waals surface area (Å²) in [5.74, 6) is 1.13. The molecule has 0 unspecified atom stereocenters. The summed E-state index contributed by atoms with van der Waals surface area (Å²) in [4.78, 5) is 17.3. The van der Waals surface area contributed by atoms with Crippen molar-refractivity contribution in [2.45, 2.75) is 5.75 Å². The minimum Gasteiger partial charge on any atom is -0.345 e. The van der Waals surface area contributed by atoms with Gasteiger partial charge in [0.05, 0.1) is 4.92 Å². The lowest BCUT2D eigenvalue weighted by Gasteiger charge is -2.04. The van der Waals surface area contributed by atoms with E-state index in [1.54, 1.807) is 18.5 Å². The van der Waals surface area contributed by atoms with Crippen molar-refractivity contribution in [3.05, 3.63) is 46.3 Å². The van der Waals surface area contributed by atoms with Crippen LogP contribution in [0.4, 0.5) is 5.69 Å². The number of nitrogens with one attached hydrogen (secondary N) is 1. The van der Waals surface area contributed by atoms with Crippen LogP contribution >= 0.6 is 12.6 Å².